The molecule has 1 aromatic rings. The van der Waals surface area contributed by atoms with E-state index in [1.165, 1.54) is 4.90 Å². The summed E-state index contributed by atoms with van der Waals surface area (Å²) in [6, 6.07) is 9.57. The Labute approximate surface area is 133 Å². The first-order valence-electron chi connectivity index (χ1n) is 8.11. The molecule has 0 radical (unpaired) electrons. The Bertz CT molecular complexity index is 454. The van der Waals surface area contributed by atoms with E-state index >= 15 is 0 Å². The predicted octanol–water partition coefficient (Wildman–Crippen LogP) is 1.02. The third kappa shape index (κ3) is 4.22. The first kappa shape index (κ1) is 17.3. The Morgan fingerprint density at radius 1 is 1.14 bits per heavy atom. The minimum absolute atomic E-state index is 0.0606. The Kier molecular flexibility index (Phi) is 5.15. The van der Waals surface area contributed by atoms with Crippen molar-refractivity contribution in [3.8, 4) is 5.75 Å². The van der Waals surface area contributed by atoms with Crippen molar-refractivity contribution in [1.29, 1.82) is 0 Å². The van der Waals surface area contributed by atoms with Gasteiger partial charge in [-0.1, -0.05) is 18.2 Å². The summed E-state index contributed by atoms with van der Waals surface area (Å²) in [6.07, 6.45) is 0.742. The van der Waals surface area contributed by atoms with Crippen LogP contribution in [-0.2, 0) is 0 Å². The van der Waals surface area contributed by atoms with Crippen LogP contribution in [-0.4, -0.2) is 46.7 Å². The molecule has 1 aromatic carbocycles. The average Bonchev–Trinajstić information content (AvgIpc) is 2.40. The standard InChI is InChI=1S/C18H29NO3/c1-17(2)10-14(20)11-18(3,4)19(17)12-15(21)13-22-16-8-6-5-7-9-16/h5-9,14-15,20-21H,10-13H2,1-4H3/p+1/t15-/m0/s1. The number of benzene rings is 1. The van der Waals surface area contributed by atoms with Gasteiger partial charge < -0.3 is 19.8 Å². The minimum atomic E-state index is -0.524. The zero-order chi connectivity index (χ0) is 16.4. The van der Waals surface area contributed by atoms with E-state index in [1.54, 1.807) is 0 Å². The van der Waals surface area contributed by atoms with Crippen molar-refractivity contribution in [2.45, 2.75) is 63.8 Å². The fourth-order valence-electron chi connectivity index (χ4n) is 3.97. The Balaban J connectivity index is 1.95. The molecule has 2 rings (SSSR count). The summed E-state index contributed by atoms with van der Waals surface area (Å²) >= 11 is 0. The van der Waals surface area contributed by atoms with Crippen LogP contribution in [0.25, 0.3) is 0 Å². The maximum Gasteiger partial charge on any atom is 0.137 e. The lowest BCUT2D eigenvalue weighted by Crippen LogP contribution is -3.27. The van der Waals surface area contributed by atoms with E-state index in [-0.39, 0.29) is 17.2 Å². The molecular formula is C18H30NO3+. The lowest BCUT2D eigenvalue weighted by molar-refractivity contribution is -1.00. The Hall–Kier alpha value is -1.10. The van der Waals surface area contributed by atoms with Gasteiger partial charge in [0.05, 0.1) is 17.2 Å². The summed E-state index contributed by atoms with van der Waals surface area (Å²) in [5.41, 5.74) is -0.121. The van der Waals surface area contributed by atoms with Crippen LogP contribution < -0.4 is 9.64 Å². The van der Waals surface area contributed by atoms with Crippen LogP contribution in [0, 0.1) is 0 Å². The maximum atomic E-state index is 10.4. The number of likely N-dealkylation sites (tertiary alicyclic amines) is 1. The molecule has 0 aromatic heterocycles. The van der Waals surface area contributed by atoms with E-state index in [0.717, 1.165) is 18.6 Å². The van der Waals surface area contributed by atoms with Gasteiger partial charge in [0.1, 0.15) is 25.0 Å². The molecule has 1 atom stereocenters. The van der Waals surface area contributed by atoms with E-state index in [9.17, 15) is 10.2 Å². The number of hydrogen-bond donors (Lipinski definition) is 3. The highest BCUT2D eigenvalue weighted by Crippen LogP contribution is 2.23. The van der Waals surface area contributed by atoms with E-state index in [2.05, 4.69) is 27.7 Å². The quantitative estimate of drug-likeness (QED) is 0.761. The van der Waals surface area contributed by atoms with Crippen LogP contribution in [0.5, 0.6) is 5.75 Å². The van der Waals surface area contributed by atoms with E-state index in [4.69, 9.17) is 4.74 Å². The molecule has 4 nitrogen and oxygen atoms in total. The third-order valence-corrected chi connectivity index (χ3v) is 4.75. The van der Waals surface area contributed by atoms with Gasteiger partial charge in [-0.25, -0.2) is 0 Å². The van der Waals surface area contributed by atoms with Gasteiger partial charge in [-0.2, -0.15) is 0 Å². The topological polar surface area (TPSA) is 54.1 Å². The van der Waals surface area contributed by atoms with Gasteiger partial charge >= 0.3 is 0 Å². The zero-order valence-corrected chi connectivity index (χ0v) is 14.2. The van der Waals surface area contributed by atoms with Crippen molar-refractivity contribution >= 4 is 0 Å². The van der Waals surface area contributed by atoms with Crippen molar-refractivity contribution in [2.24, 2.45) is 0 Å². The van der Waals surface area contributed by atoms with Crippen LogP contribution in [0.2, 0.25) is 0 Å². The summed E-state index contributed by atoms with van der Waals surface area (Å²) in [5, 5.41) is 20.5. The second kappa shape index (κ2) is 6.57. The third-order valence-electron chi connectivity index (χ3n) is 4.75. The molecule has 22 heavy (non-hydrogen) atoms. The van der Waals surface area contributed by atoms with Gasteiger partial charge in [-0.15, -0.1) is 0 Å². The fraction of sp³-hybridized carbons (Fsp3) is 0.667. The SMILES string of the molecule is CC1(C)CC(O)CC(C)(C)[NH+]1C[C@H](O)COc1ccccc1. The molecule has 4 heteroatoms. The monoisotopic (exact) mass is 308 g/mol. The number of aliphatic hydroxyl groups is 2. The smallest absolute Gasteiger partial charge is 0.137 e. The first-order valence-corrected chi connectivity index (χ1v) is 8.11. The zero-order valence-electron chi connectivity index (χ0n) is 14.2. The Morgan fingerprint density at radius 2 is 1.68 bits per heavy atom. The molecule has 1 aliphatic rings. The first-order chi connectivity index (χ1) is 10.2. The number of quaternary nitrogens is 1. The lowest BCUT2D eigenvalue weighted by atomic mass is 9.78. The van der Waals surface area contributed by atoms with E-state index < -0.39 is 6.10 Å². The summed E-state index contributed by atoms with van der Waals surface area (Å²) in [5.74, 6) is 0.782. The van der Waals surface area contributed by atoms with Gasteiger partial charge in [0.2, 0.25) is 0 Å². The van der Waals surface area contributed by atoms with Gasteiger partial charge in [0.25, 0.3) is 0 Å². The molecule has 124 valence electrons. The van der Waals surface area contributed by atoms with Crippen LogP contribution in [0.3, 0.4) is 0 Å². The van der Waals surface area contributed by atoms with Crippen LogP contribution in [0.15, 0.2) is 30.3 Å². The number of hydrogen-bond acceptors (Lipinski definition) is 3. The molecule has 0 unspecified atom stereocenters. The minimum Gasteiger partial charge on any atom is -0.491 e. The highest BCUT2D eigenvalue weighted by molar-refractivity contribution is 5.20. The van der Waals surface area contributed by atoms with Crippen molar-refractivity contribution < 1.29 is 19.8 Å². The second-order valence-electron chi connectivity index (χ2n) is 7.79. The van der Waals surface area contributed by atoms with Crippen molar-refractivity contribution in [2.75, 3.05) is 13.2 Å². The second-order valence-corrected chi connectivity index (χ2v) is 7.79. The number of rotatable bonds is 5. The van der Waals surface area contributed by atoms with Crippen molar-refractivity contribution in [3.05, 3.63) is 30.3 Å². The molecule has 0 bridgehead atoms. The van der Waals surface area contributed by atoms with E-state index in [1.807, 2.05) is 30.3 Å². The van der Waals surface area contributed by atoms with Gasteiger partial charge in [-0.05, 0) is 39.8 Å². The molecule has 1 aliphatic heterocycles. The summed E-state index contributed by atoms with van der Waals surface area (Å²) in [6.45, 7) is 9.57. The number of para-hydroxylation sites is 1. The van der Waals surface area contributed by atoms with E-state index in [0.29, 0.717) is 13.2 Å². The largest absolute Gasteiger partial charge is 0.491 e. The van der Waals surface area contributed by atoms with Gasteiger partial charge in [0, 0.05) is 12.8 Å². The molecule has 3 N–H and O–H groups in total. The summed E-state index contributed by atoms with van der Waals surface area (Å²) in [4.78, 5) is 1.33. The molecule has 0 spiro atoms. The van der Waals surface area contributed by atoms with Gasteiger partial charge in [0.15, 0.2) is 0 Å². The van der Waals surface area contributed by atoms with Crippen LogP contribution in [0.1, 0.15) is 40.5 Å². The number of aliphatic hydroxyl groups excluding tert-OH is 2. The fourth-order valence-corrected chi connectivity index (χ4v) is 3.97. The average molecular weight is 308 g/mol. The maximum absolute atomic E-state index is 10.4. The Morgan fingerprint density at radius 3 is 2.23 bits per heavy atom. The summed E-state index contributed by atoms with van der Waals surface area (Å²) < 4.78 is 5.65. The lowest BCUT2D eigenvalue weighted by Gasteiger charge is -2.51. The van der Waals surface area contributed by atoms with Crippen LogP contribution in [0.4, 0.5) is 0 Å². The molecular weight excluding hydrogens is 278 g/mol. The molecule has 1 saturated heterocycles. The number of ether oxygens (including phenoxy) is 1. The molecule has 0 aliphatic carbocycles. The number of piperidine rings is 1. The molecule has 1 fully saturated rings. The highest BCUT2D eigenvalue weighted by Gasteiger charge is 2.49. The highest BCUT2D eigenvalue weighted by atomic mass is 16.5. The molecule has 0 amide bonds. The molecule has 1 heterocycles. The van der Waals surface area contributed by atoms with Crippen molar-refractivity contribution in [1.82, 2.24) is 0 Å². The van der Waals surface area contributed by atoms with Crippen LogP contribution >= 0.6 is 0 Å². The van der Waals surface area contributed by atoms with Gasteiger partial charge in [-0.3, -0.25) is 0 Å². The normalized spacial score (nSPS) is 28.1. The predicted molar refractivity (Wildman–Crippen MR) is 87.2 cm³/mol. The number of nitrogens with one attached hydrogen (secondary N) is 1. The van der Waals surface area contributed by atoms with Crippen molar-refractivity contribution in [3.63, 3.8) is 0 Å². The molecule has 0 saturated carbocycles. The summed E-state index contributed by atoms with van der Waals surface area (Å²) in [7, 11) is 0.